The van der Waals surface area contributed by atoms with Gasteiger partial charge < -0.3 is 9.63 Å². The highest BCUT2D eigenvalue weighted by Crippen LogP contribution is 2.43. The summed E-state index contributed by atoms with van der Waals surface area (Å²) in [7, 11) is 2.34. The lowest BCUT2D eigenvalue weighted by Gasteiger charge is -2.38. The zero-order valence-electron chi connectivity index (χ0n) is 13.8. The van der Waals surface area contributed by atoms with E-state index in [-0.39, 0.29) is 23.4 Å². The zero-order chi connectivity index (χ0) is 16.0. The lowest BCUT2D eigenvalue weighted by atomic mass is 9.65. The third kappa shape index (κ3) is 5.07. The van der Waals surface area contributed by atoms with Gasteiger partial charge in [-0.3, -0.25) is 4.79 Å². The molecule has 1 aliphatic carbocycles. The van der Waals surface area contributed by atoms with Crippen molar-refractivity contribution < 1.29 is 14.4 Å². The third-order valence-corrected chi connectivity index (χ3v) is 5.30. The first kappa shape index (κ1) is 18.6. The Labute approximate surface area is 131 Å². The summed E-state index contributed by atoms with van der Waals surface area (Å²) in [5.41, 5.74) is -0.210. The Hall–Kier alpha value is -0.400. The molecule has 0 aliphatic heterocycles. The molecule has 0 saturated carbocycles. The minimum Gasteiger partial charge on any atom is -0.481 e. The number of hydrogen-bond acceptors (Lipinski definition) is 2. The number of allylic oxidation sites excluding steroid dienone is 2. The molecule has 1 unspecified atom stereocenters. The molecule has 1 N–H and O–H groups in total. The zero-order valence-corrected chi connectivity index (χ0v) is 15.0. The molecule has 0 heterocycles. The van der Waals surface area contributed by atoms with Crippen LogP contribution in [0.25, 0.3) is 0 Å². The summed E-state index contributed by atoms with van der Waals surface area (Å²) in [5.74, 6) is -0.379. The van der Waals surface area contributed by atoms with Gasteiger partial charge in [0.25, 0.3) is 0 Å². The summed E-state index contributed by atoms with van der Waals surface area (Å²) < 4.78 is 5.43. The van der Waals surface area contributed by atoms with Gasteiger partial charge in [0.15, 0.2) is 0 Å². The van der Waals surface area contributed by atoms with Crippen molar-refractivity contribution in [2.45, 2.75) is 65.9 Å². The van der Waals surface area contributed by atoms with Crippen LogP contribution in [0.4, 0.5) is 0 Å². The monoisotopic (exact) mass is 314 g/mol. The first-order valence-electron chi connectivity index (χ1n) is 8.08. The van der Waals surface area contributed by atoms with E-state index in [1.807, 2.05) is 0 Å². The Kier molecular flexibility index (Phi) is 7.36. The first-order valence-corrected chi connectivity index (χ1v) is 8.55. The van der Waals surface area contributed by atoms with Crippen LogP contribution in [0.2, 0.25) is 0 Å². The van der Waals surface area contributed by atoms with Crippen LogP contribution in [0.15, 0.2) is 12.2 Å². The smallest absolute Gasteiger partial charge is 0.307 e. The molecule has 0 aromatic rings. The lowest BCUT2D eigenvalue weighted by Crippen LogP contribution is -2.38. The molecule has 0 aromatic carbocycles. The Morgan fingerprint density at radius 1 is 1.38 bits per heavy atom. The molecule has 0 amide bonds. The van der Waals surface area contributed by atoms with Crippen molar-refractivity contribution in [2.24, 2.45) is 23.2 Å². The van der Waals surface area contributed by atoms with Crippen molar-refractivity contribution in [3.05, 3.63) is 12.2 Å². The van der Waals surface area contributed by atoms with Gasteiger partial charge in [-0.15, -0.1) is 0 Å². The summed E-state index contributed by atoms with van der Waals surface area (Å²) in [5, 5.41) is 9.72. The second-order valence-corrected chi connectivity index (χ2v) is 7.36. The maximum absolute atomic E-state index is 11.8. The third-order valence-electron chi connectivity index (χ3n) is 4.96. The molecule has 0 fully saturated rings. The maximum atomic E-state index is 11.8. The summed E-state index contributed by atoms with van der Waals surface area (Å²) >= 11 is 0. The molecule has 0 bridgehead atoms. The Morgan fingerprint density at radius 3 is 2.48 bits per heavy atom. The topological polar surface area (TPSA) is 46.5 Å². The van der Waals surface area contributed by atoms with E-state index in [1.165, 1.54) is 0 Å². The van der Waals surface area contributed by atoms with E-state index in [4.69, 9.17) is 4.52 Å². The van der Waals surface area contributed by atoms with Gasteiger partial charge in [-0.25, -0.2) is 0 Å². The van der Waals surface area contributed by atoms with Crippen LogP contribution < -0.4 is 0 Å². The number of hydrogen-bond donors (Lipinski definition) is 1. The van der Waals surface area contributed by atoms with Crippen molar-refractivity contribution in [3.8, 4) is 0 Å². The van der Waals surface area contributed by atoms with E-state index in [2.05, 4.69) is 49.3 Å². The van der Waals surface area contributed by atoms with Crippen molar-refractivity contribution in [1.29, 1.82) is 0 Å². The van der Waals surface area contributed by atoms with Gasteiger partial charge in [0.05, 0.1) is 12.0 Å². The highest BCUT2D eigenvalue weighted by Gasteiger charge is 2.41. The number of rotatable bonds is 8. The molecule has 4 heteroatoms. The molecule has 21 heavy (non-hydrogen) atoms. The number of carboxylic acid groups (broad SMARTS) is 1. The van der Waals surface area contributed by atoms with Crippen LogP contribution in [-0.4, -0.2) is 17.2 Å². The van der Waals surface area contributed by atoms with Gasteiger partial charge in [0.1, 0.15) is 0 Å². The average Bonchev–Trinajstić information content (AvgIpc) is 2.39. The fourth-order valence-electron chi connectivity index (χ4n) is 3.62. The van der Waals surface area contributed by atoms with E-state index in [0.717, 1.165) is 32.1 Å². The van der Waals surface area contributed by atoms with Crippen LogP contribution in [0.3, 0.4) is 0 Å². The molecule has 0 aromatic heterocycles. The molecule has 1 rings (SSSR count). The number of carbonyl (C=O) groups is 1. The van der Waals surface area contributed by atoms with Gasteiger partial charge in [-0.2, -0.15) is 0 Å². The van der Waals surface area contributed by atoms with E-state index in [1.54, 1.807) is 0 Å². The Balaban J connectivity index is 2.74. The molecular formula is C17H31O3P. The largest absolute Gasteiger partial charge is 0.481 e. The minimum atomic E-state index is -0.663. The van der Waals surface area contributed by atoms with Gasteiger partial charge in [-0.05, 0) is 49.4 Å². The summed E-state index contributed by atoms with van der Waals surface area (Å²) in [6.45, 7) is 8.45. The van der Waals surface area contributed by atoms with Crippen molar-refractivity contribution in [1.82, 2.24) is 0 Å². The van der Waals surface area contributed by atoms with E-state index in [9.17, 15) is 9.90 Å². The Bertz CT molecular complexity index is 367. The normalized spacial score (nSPS) is 26.6. The highest BCUT2D eigenvalue weighted by atomic mass is 31.0. The summed E-state index contributed by atoms with van der Waals surface area (Å²) in [6, 6.07) is 0. The predicted octanol–water partition coefficient (Wildman–Crippen LogP) is 4.68. The molecule has 3 nitrogen and oxygen atoms in total. The molecule has 0 radical (unpaired) electrons. The van der Waals surface area contributed by atoms with Crippen LogP contribution in [0.5, 0.6) is 0 Å². The van der Waals surface area contributed by atoms with E-state index < -0.39 is 5.97 Å². The summed E-state index contributed by atoms with van der Waals surface area (Å²) in [6.07, 6.45) is 9.40. The van der Waals surface area contributed by atoms with E-state index >= 15 is 0 Å². The van der Waals surface area contributed by atoms with Crippen LogP contribution in [-0.2, 0) is 9.32 Å². The highest BCUT2D eigenvalue weighted by molar-refractivity contribution is 7.09. The van der Waals surface area contributed by atoms with Crippen LogP contribution in [0.1, 0.15) is 59.8 Å². The maximum Gasteiger partial charge on any atom is 0.307 e. The van der Waals surface area contributed by atoms with Gasteiger partial charge in [0, 0.05) is 9.47 Å². The molecule has 0 saturated heterocycles. The lowest BCUT2D eigenvalue weighted by molar-refractivity contribution is -0.148. The molecule has 1 aliphatic rings. The number of aliphatic carboxylic acids is 1. The molecule has 0 spiro atoms. The Morgan fingerprint density at radius 2 is 2.05 bits per heavy atom. The van der Waals surface area contributed by atoms with E-state index in [0.29, 0.717) is 5.92 Å². The van der Waals surface area contributed by atoms with Crippen LogP contribution in [0, 0.1) is 23.2 Å². The average molecular weight is 314 g/mol. The van der Waals surface area contributed by atoms with Gasteiger partial charge in [-0.1, -0.05) is 39.8 Å². The second kappa shape index (κ2) is 8.29. The minimum absolute atomic E-state index is 0.150. The fourth-order valence-corrected chi connectivity index (χ4v) is 4.07. The van der Waals surface area contributed by atoms with Crippen molar-refractivity contribution >= 4 is 15.4 Å². The molecule has 5 atom stereocenters. The molecule has 122 valence electrons. The SMILES string of the molecule is CC(C)[C@H](CC[C@@H](C)[C@@H](C(=O)O)[C@]1(C)C=CCCC1)OP. The first-order chi connectivity index (χ1) is 9.81. The standard InChI is InChI=1S/C17H31O3P/c1-12(2)14(20-21)9-8-13(3)15(16(18)19)17(4)10-6-5-7-11-17/h6,10,12-15H,5,7-9,11,21H2,1-4H3,(H,18,19)/t13-,14+,15+,17-/m1/s1. The fraction of sp³-hybridized carbons (Fsp3) is 0.824. The number of carboxylic acids is 1. The quantitative estimate of drug-likeness (QED) is 0.522. The summed E-state index contributed by atoms with van der Waals surface area (Å²) in [4.78, 5) is 11.8. The second-order valence-electron chi connectivity index (χ2n) is 7.09. The van der Waals surface area contributed by atoms with Gasteiger partial charge in [0.2, 0.25) is 0 Å². The van der Waals surface area contributed by atoms with Crippen molar-refractivity contribution in [3.63, 3.8) is 0 Å². The molecular weight excluding hydrogens is 283 g/mol. The van der Waals surface area contributed by atoms with Crippen LogP contribution >= 0.6 is 9.47 Å². The van der Waals surface area contributed by atoms with Crippen molar-refractivity contribution in [2.75, 3.05) is 0 Å². The van der Waals surface area contributed by atoms with Gasteiger partial charge >= 0.3 is 5.97 Å². The predicted molar refractivity (Wildman–Crippen MR) is 90.0 cm³/mol.